The van der Waals surface area contributed by atoms with Gasteiger partial charge in [0.15, 0.2) is 5.78 Å². The van der Waals surface area contributed by atoms with E-state index in [1.807, 2.05) is 84.4 Å². The monoisotopic (exact) mass is 373 g/mol. The SMILES string of the molecule is CCC[C@H](F)CCn1cc(C(=O)c2cccc3ccccc23)c2ccccc21. The quantitative estimate of drug-likeness (QED) is 0.337. The third-order valence-electron chi connectivity index (χ3n) is 5.35. The van der Waals surface area contributed by atoms with Crippen LogP contribution in [0.25, 0.3) is 21.7 Å². The number of aryl methyl sites for hydroxylation is 1. The second-order valence-corrected chi connectivity index (χ2v) is 7.28. The minimum Gasteiger partial charge on any atom is -0.347 e. The number of aromatic nitrogens is 1. The molecule has 0 bridgehead atoms. The number of para-hydroxylation sites is 1. The maximum atomic E-state index is 14.0. The van der Waals surface area contributed by atoms with Crippen LogP contribution in [0.4, 0.5) is 4.39 Å². The Labute approximate surface area is 164 Å². The molecule has 142 valence electrons. The summed E-state index contributed by atoms with van der Waals surface area (Å²) in [5.74, 6) is 0.0112. The molecule has 3 heteroatoms. The third-order valence-corrected chi connectivity index (χ3v) is 5.35. The van der Waals surface area contributed by atoms with Crippen molar-refractivity contribution in [1.29, 1.82) is 0 Å². The molecule has 0 fully saturated rings. The van der Waals surface area contributed by atoms with E-state index in [-0.39, 0.29) is 5.78 Å². The maximum absolute atomic E-state index is 14.0. The van der Waals surface area contributed by atoms with E-state index >= 15 is 0 Å². The Bertz CT molecular complexity index is 1120. The summed E-state index contributed by atoms with van der Waals surface area (Å²) < 4.78 is 16.0. The first-order valence-electron chi connectivity index (χ1n) is 9.93. The van der Waals surface area contributed by atoms with Crippen LogP contribution in [0, 0.1) is 0 Å². The summed E-state index contributed by atoms with van der Waals surface area (Å²) >= 11 is 0. The number of fused-ring (bicyclic) bond motifs is 2. The number of carbonyl (C=O) groups is 1. The van der Waals surface area contributed by atoms with Crippen LogP contribution in [-0.2, 0) is 6.54 Å². The maximum Gasteiger partial charge on any atom is 0.195 e. The average Bonchev–Trinajstić information content (AvgIpc) is 3.10. The zero-order valence-corrected chi connectivity index (χ0v) is 16.1. The van der Waals surface area contributed by atoms with Crippen molar-refractivity contribution in [3.8, 4) is 0 Å². The lowest BCUT2D eigenvalue weighted by molar-refractivity contribution is 0.104. The molecular formula is C25H24FNO. The van der Waals surface area contributed by atoms with Crippen LogP contribution in [0.2, 0.25) is 0 Å². The number of nitrogens with zero attached hydrogens (tertiary/aromatic N) is 1. The summed E-state index contributed by atoms with van der Waals surface area (Å²) in [5, 5.41) is 2.93. The Balaban J connectivity index is 1.75. The molecule has 0 unspecified atom stereocenters. The molecule has 0 spiro atoms. The highest BCUT2D eigenvalue weighted by molar-refractivity contribution is 6.21. The summed E-state index contributed by atoms with van der Waals surface area (Å²) in [6.45, 7) is 2.57. The smallest absolute Gasteiger partial charge is 0.195 e. The molecular weight excluding hydrogens is 349 g/mol. The molecule has 0 aliphatic rings. The fourth-order valence-electron chi connectivity index (χ4n) is 3.92. The van der Waals surface area contributed by atoms with Gasteiger partial charge in [-0.2, -0.15) is 0 Å². The van der Waals surface area contributed by atoms with Gasteiger partial charge in [-0.15, -0.1) is 0 Å². The number of carbonyl (C=O) groups excluding carboxylic acids is 1. The fraction of sp³-hybridized carbons (Fsp3) is 0.240. The molecule has 4 aromatic rings. The van der Waals surface area contributed by atoms with Crippen LogP contribution in [0.15, 0.2) is 72.9 Å². The van der Waals surface area contributed by atoms with Gasteiger partial charge in [0.25, 0.3) is 0 Å². The molecule has 0 radical (unpaired) electrons. The number of alkyl halides is 1. The van der Waals surface area contributed by atoms with Gasteiger partial charge in [0.1, 0.15) is 6.17 Å². The van der Waals surface area contributed by atoms with Gasteiger partial charge < -0.3 is 4.57 Å². The molecule has 0 aliphatic heterocycles. The van der Waals surface area contributed by atoms with Gasteiger partial charge in [-0.1, -0.05) is 74.0 Å². The average molecular weight is 373 g/mol. The van der Waals surface area contributed by atoms with Gasteiger partial charge in [0, 0.05) is 34.8 Å². The Hall–Kier alpha value is -2.94. The summed E-state index contributed by atoms with van der Waals surface area (Å²) in [5.41, 5.74) is 2.36. The van der Waals surface area contributed by atoms with Gasteiger partial charge >= 0.3 is 0 Å². The van der Waals surface area contributed by atoms with Crippen molar-refractivity contribution in [1.82, 2.24) is 4.57 Å². The minimum atomic E-state index is -0.802. The highest BCUT2D eigenvalue weighted by Crippen LogP contribution is 2.27. The number of benzene rings is 3. The molecule has 3 aromatic carbocycles. The van der Waals surface area contributed by atoms with E-state index in [1.54, 1.807) is 0 Å². The highest BCUT2D eigenvalue weighted by Gasteiger charge is 2.18. The molecule has 0 amide bonds. The molecule has 1 heterocycles. The van der Waals surface area contributed by atoms with E-state index in [9.17, 15) is 9.18 Å². The standard InChI is InChI=1S/C25H24FNO/c1-2-8-19(26)15-16-27-17-23(21-12-5-6-14-24(21)27)25(28)22-13-7-10-18-9-3-4-11-20(18)22/h3-7,9-14,17,19H,2,8,15-16H2,1H3/t19-/m0/s1. The van der Waals surface area contributed by atoms with Crippen LogP contribution in [0.1, 0.15) is 42.1 Å². The minimum absolute atomic E-state index is 0.0112. The Morgan fingerprint density at radius 1 is 0.893 bits per heavy atom. The largest absolute Gasteiger partial charge is 0.347 e. The fourth-order valence-corrected chi connectivity index (χ4v) is 3.92. The second kappa shape index (κ2) is 7.97. The first-order chi connectivity index (χ1) is 13.7. The Kier molecular flexibility index (Phi) is 5.25. The van der Waals surface area contributed by atoms with Crippen molar-refractivity contribution in [2.24, 2.45) is 0 Å². The van der Waals surface area contributed by atoms with E-state index in [0.29, 0.717) is 30.5 Å². The molecule has 0 N–H and O–H groups in total. The second-order valence-electron chi connectivity index (χ2n) is 7.28. The number of ketones is 1. The Morgan fingerprint density at radius 2 is 1.61 bits per heavy atom. The van der Waals surface area contributed by atoms with E-state index in [0.717, 1.165) is 28.1 Å². The predicted octanol–water partition coefficient (Wildman–Crippen LogP) is 6.55. The lowest BCUT2D eigenvalue weighted by Gasteiger charge is -2.08. The molecule has 4 rings (SSSR count). The molecule has 2 nitrogen and oxygen atoms in total. The first kappa shape index (κ1) is 18.4. The number of halogens is 1. The van der Waals surface area contributed by atoms with Crippen molar-refractivity contribution in [2.45, 2.75) is 38.9 Å². The van der Waals surface area contributed by atoms with Crippen molar-refractivity contribution in [3.05, 3.63) is 84.1 Å². The normalized spacial score (nSPS) is 12.5. The predicted molar refractivity (Wildman–Crippen MR) is 114 cm³/mol. The van der Waals surface area contributed by atoms with Gasteiger partial charge in [0.2, 0.25) is 0 Å². The Morgan fingerprint density at radius 3 is 2.43 bits per heavy atom. The van der Waals surface area contributed by atoms with Crippen molar-refractivity contribution < 1.29 is 9.18 Å². The summed E-state index contributed by atoms with van der Waals surface area (Å²) in [7, 11) is 0. The number of hydrogen-bond donors (Lipinski definition) is 0. The molecule has 1 aromatic heterocycles. The van der Waals surface area contributed by atoms with Crippen LogP contribution < -0.4 is 0 Å². The summed E-state index contributed by atoms with van der Waals surface area (Å²) in [4.78, 5) is 13.4. The van der Waals surface area contributed by atoms with Crippen molar-refractivity contribution in [2.75, 3.05) is 0 Å². The molecule has 28 heavy (non-hydrogen) atoms. The van der Waals surface area contributed by atoms with E-state index < -0.39 is 6.17 Å². The van der Waals surface area contributed by atoms with E-state index in [4.69, 9.17) is 0 Å². The highest BCUT2D eigenvalue weighted by atomic mass is 19.1. The molecule has 0 saturated carbocycles. The van der Waals surface area contributed by atoms with Gasteiger partial charge in [-0.25, -0.2) is 4.39 Å². The summed E-state index contributed by atoms with van der Waals surface area (Å²) in [6.07, 6.45) is 2.99. The molecule has 1 atom stereocenters. The lowest BCUT2D eigenvalue weighted by Crippen LogP contribution is -2.06. The third kappa shape index (κ3) is 3.45. The van der Waals surface area contributed by atoms with Crippen LogP contribution in [0.3, 0.4) is 0 Å². The van der Waals surface area contributed by atoms with Crippen molar-refractivity contribution in [3.63, 3.8) is 0 Å². The van der Waals surface area contributed by atoms with Crippen LogP contribution >= 0.6 is 0 Å². The van der Waals surface area contributed by atoms with E-state index in [1.165, 1.54) is 0 Å². The van der Waals surface area contributed by atoms with E-state index in [2.05, 4.69) is 0 Å². The lowest BCUT2D eigenvalue weighted by atomic mass is 9.97. The van der Waals surface area contributed by atoms with Gasteiger partial charge in [-0.05, 0) is 29.7 Å². The van der Waals surface area contributed by atoms with Crippen LogP contribution in [-0.4, -0.2) is 16.5 Å². The topological polar surface area (TPSA) is 22.0 Å². The summed E-state index contributed by atoms with van der Waals surface area (Å²) in [6, 6.07) is 21.7. The zero-order valence-electron chi connectivity index (χ0n) is 16.1. The zero-order chi connectivity index (χ0) is 19.5. The van der Waals surface area contributed by atoms with Gasteiger partial charge in [0.05, 0.1) is 0 Å². The van der Waals surface area contributed by atoms with Crippen molar-refractivity contribution >= 4 is 27.5 Å². The number of rotatable bonds is 7. The first-order valence-corrected chi connectivity index (χ1v) is 9.93. The number of hydrogen-bond acceptors (Lipinski definition) is 1. The molecule has 0 saturated heterocycles. The molecule has 0 aliphatic carbocycles. The van der Waals surface area contributed by atoms with Gasteiger partial charge in [-0.3, -0.25) is 4.79 Å². The van der Waals surface area contributed by atoms with Crippen LogP contribution in [0.5, 0.6) is 0 Å².